The fraction of sp³-hybridized carbons (Fsp3) is 0.714. The maximum absolute atomic E-state index is 3.51. The Morgan fingerprint density at radius 2 is 2.12 bits per heavy atom. The van der Waals surface area contributed by atoms with Crippen LogP contribution in [-0.4, -0.2) is 37.6 Å². The van der Waals surface area contributed by atoms with Crippen LogP contribution in [0.4, 0.5) is 0 Å². The lowest BCUT2D eigenvalue weighted by molar-refractivity contribution is 0.268. The minimum Gasteiger partial charge on any atom is -0.316 e. The summed E-state index contributed by atoms with van der Waals surface area (Å²) >= 11 is 1.85. The van der Waals surface area contributed by atoms with Gasteiger partial charge in [0.25, 0.3) is 0 Å². The molecule has 0 saturated heterocycles. The topological polar surface area (TPSA) is 15.3 Å². The normalized spacial score (nSPS) is 11.6. The van der Waals surface area contributed by atoms with Gasteiger partial charge in [0, 0.05) is 10.9 Å². The molecular formula is C14H26N2S. The zero-order valence-electron chi connectivity index (χ0n) is 11.4. The van der Waals surface area contributed by atoms with E-state index < -0.39 is 0 Å². The Balaban J connectivity index is 1.88. The molecule has 0 aliphatic rings. The van der Waals surface area contributed by atoms with Gasteiger partial charge in [0.1, 0.15) is 0 Å². The number of hydrogen-bond donors (Lipinski definition) is 1. The molecule has 0 fully saturated rings. The summed E-state index contributed by atoms with van der Waals surface area (Å²) in [7, 11) is 2.20. The van der Waals surface area contributed by atoms with E-state index in [1.807, 2.05) is 11.3 Å². The second-order valence-corrected chi connectivity index (χ2v) is 5.89. The molecule has 1 heterocycles. The SMILES string of the molecule is CC(C)N(C)CCCCNCCc1cccs1. The van der Waals surface area contributed by atoms with Gasteiger partial charge in [0.15, 0.2) is 0 Å². The van der Waals surface area contributed by atoms with Crippen LogP contribution in [0.2, 0.25) is 0 Å². The minimum absolute atomic E-state index is 0.668. The van der Waals surface area contributed by atoms with Gasteiger partial charge >= 0.3 is 0 Å². The molecule has 0 unspecified atom stereocenters. The van der Waals surface area contributed by atoms with Gasteiger partial charge in [-0.05, 0) is 71.2 Å². The largest absolute Gasteiger partial charge is 0.316 e. The van der Waals surface area contributed by atoms with Crippen molar-refractivity contribution < 1.29 is 0 Å². The molecule has 0 radical (unpaired) electrons. The first kappa shape index (κ1) is 14.7. The zero-order valence-corrected chi connectivity index (χ0v) is 12.2. The number of rotatable bonds is 9. The van der Waals surface area contributed by atoms with Crippen LogP contribution in [0.25, 0.3) is 0 Å². The van der Waals surface area contributed by atoms with E-state index in [0.717, 1.165) is 13.1 Å². The first-order valence-corrected chi connectivity index (χ1v) is 7.51. The lowest BCUT2D eigenvalue weighted by Crippen LogP contribution is -2.28. The van der Waals surface area contributed by atoms with Crippen molar-refractivity contribution in [3.05, 3.63) is 22.4 Å². The van der Waals surface area contributed by atoms with Crippen LogP contribution >= 0.6 is 11.3 Å². The Labute approximate surface area is 110 Å². The molecule has 1 N–H and O–H groups in total. The van der Waals surface area contributed by atoms with E-state index in [9.17, 15) is 0 Å². The summed E-state index contributed by atoms with van der Waals surface area (Å²) in [5.74, 6) is 0. The highest BCUT2D eigenvalue weighted by molar-refractivity contribution is 7.09. The standard InChI is InChI=1S/C14H26N2S/c1-13(2)16(3)11-5-4-9-15-10-8-14-7-6-12-17-14/h6-7,12-13,15H,4-5,8-11H2,1-3H3. The fourth-order valence-electron chi connectivity index (χ4n) is 1.66. The molecule has 0 aliphatic carbocycles. The van der Waals surface area contributed by atoms with E-state index in [1.54, 1.807) is 0 Å². The van der Waals surface area contributed by atoms with Crippen LogP contribution in [0.3, 0.4) is 0 Å². The Hall–Kier alpha value is -0.380. The molecule has 0 atom stereocenters. The minimum atomic E-state index is 0.668. The molecule has 0 aromatic carbocycles. The Bertz CT molecular complexity index is 270. The first-order valence-electron chi connectivity index (χ1n) is 6.63. The van der Waals surface area contributed by atoms with Crippen LogP contribution in [0.15, 0.2) is 17.5 Å². The second kappa shape index (κ2) is 8.67. The van der Waals surface area contributed by atoms with Crippen LogP contribution in [0.1, 0.15) is 31.6 Å². The summed E-state index contributed by atoms with van der Waals surface area (Å²) in [6, 6.07) is 5.01. The highest BCUT2D eigenvalue weighted by Gasteiger charge is 2.01. The van der Waals surface area contributed by atoms with E-state index >= 15 is 0 Å². The van der Waals surface area contributed by atoms with E-state index in [1.165, 1.54) is 30.7 Å². The number of nitrogens with one attached hydrogen (secondary N) is 1. The van der Waals surface area contributed by atoms with Gasteiger partial charge in [-0.2, -0.15) is 0 Å². The molecule has 1 aromatic rings. The smallest absolute Gasteiger partial charge is 0.00578 e. The molecular weight excluding hydrogens is 228 g/mol. The molecule has 0 amide bonds. The molecule has 98 valence electrons. The van der Waals surface area contributed by atoms with Gasteiger partial charge in [0.2, 0.25) is 0 Å². The monoisotopic (exact) mass is 254 g/mol. The lowest BCUT2D eigenvalue weighted by Gasteiger charge is -2.20. The second-order valence-electron chi connectivity index (χ2n) is 4.86. The van der Waals surface area contributed by atoms with Crippen LogP contribution in [0.5, 0.6) is 0 Å². The van der Waals surface area contributed by atoms with E-state index in [4.69, 9.17) is 0 Å². The molecule has 0 spiro atoms. The van der Waals surface area contributed by atoms with Crippen LogP contribution in [-0.2, 0) is 6.42 Å². The van der Waals surface area contributed by atoms with Crippen molar-refractivity contribution in [2.24, 2.45) is 0 Å². The van der Waals surface area contributed by atoms with Crippen molar-refractivity contribution in [2.75, 3.05) is 26.7 Å². The Kier molecular flexibility index (Phi) is 7.49. The van der Waals surface area contributed by atoms with Crippen molar-refractivity contribution in [3.8, 4) is 0 Å². The molecule has 3 heteroatoms. The van der Waals surface area contributed by atoms with Gasteiger partial charge in [-0.1, -0.05) is 6.07 Å². The van der Waals surface area contributed by atoms with Crippen LogP contribution in [0, 0.1) is 0 Å². The van der Waals surface area contributed by atoms with E-state index in [0.29, 0.717) is 6.04 Å². The number of nitrogens with zero attached hydrogens (tertiary/aromatic N) is 1. The number of hydrogen-bond acceptors (Lipinski definition) is 3. The molecule has 17 heavy (non-hydrogen) atoms. The third kappa shape index (κ3) is 6.81. The average Bonchev–Trinajstić information content (AvgIpc) is 2.80. The predicted octanol–water partition coefficient (Wildman–Crippen LogP) is 3.00. The van der Waals surface area contributed by atoms with Gasteiger partial charge in [-0.25, -0.2) is 0 Å². The summed E-state index contributed by atoms with van der Waals surface area (Å²) in [5.41, 5.74) is 0. The molecule has 2 nitrogen and oxygen atoms in total. The van der Waals surface area contributed by atoms with Crippen LogP contribution < -0.4 is 5.32 Å². The lowest BCUT2D eigenvalue weighted by atomic mass is 10.2. The van der Waals surface area contributed by atoms with Crippen molar-refractivity contribution in [3.63, 3.8) is 0 Å². The third-order valence-electron chi connectivity index (χ3n) is 3.12. The summed E-state index contributed by atoms with van der Waals surface area (Å²) in [6.07, 6.45) is 3.74. The van der Waals surface area contributed by atoms with Gasteiger partial charge in [-0.15, -0.1) is 11.3 Å². The quantitative estimate of drug-likeness (QED) is 0.682. The van der Waals surface area contributed by atoms with Crippen molar-refractivity contribution in [2.45, 2.75) is 39.2 Å². The summed E-state index contributed by atoms with van der Waals surface area (Å²) in [5, 5.41) is 5.66. The van der Waals surface area contributed by atoms with E-state index in [-0.39, 0.29) is 0 Å². The van der Waals surface area contributed by atoms with E-state index in [2.05, 4.69) is 48.6 Å². The molecule has 1 rings (SSSR count). The predicted molar refractivity (Wildman–Crippen MR) is 77.9 cm³/mol. The van der Waals surface area contributed by atoms with Crippen molar-refractivity contribution in [1.82, 2.24) is 10.2 Å². The van der Waals surface area contributed by atoms with Crippen molar-refractivity contribution >= 4 is 11.3 Å². The molecule has 0 saturated carbocycles. The Morgan fingerprint density at radius 3 is 2.76 bits per heavy atom. The van der Waals surface area contributed by atoms with Gasteiger partial charge in [-0.3, -0.25) is 0 Å². The summed E-state index contributed by atoms with van der Waals surface area (Å²) < 4.78 is 0. The Morgan fingerprint density at radius 1 is 1.29 bits per heavy atom. The zero-order chi connectivity index (χ0) is 12.5. The maximum atomic E-state index is 3.51. The summed E-state index contributed by atoms with van der Waals surface area (Å²) in [4.78, 5) is 3.89. The number of unbranched alkanes of at least 4 members (excludes halogenated alkanes) is 1. The number of thiophene rings is 1. The third-order valence-corrected chi connectivity index (χ3v) is 4.06. The highest BCUT2D eigenvalue weighted by Crippen LogP contribution is 2.08. The maximum Gasteiger partial charge on any atom is 0.00578 e. The summed E-state index contributed by atoms with van der Waals surface area (Å²) in [6.45, 7) is 7.97. The molecule has 0 bridgehead atoms. The molecule has 1 aromatic heterocycles. The highest BCUT2D eigenvalue weighted by atomic mass is 32.1. The van der Waals surface area contributed by atoms with Gasteiger partial charge in [0.05, 0.1) is 0 Å². The van der Waals surface area contributed by atoms with Crippen molar-refractivity contribution in [1.29, 1.82) is 0 Å². The average molecular weight is 254 g/mol. The van der Waals surface area contributed by atoms with Gasteiger partial charge < -0.3 is 10.2 Å². The fourth-order valence-corrected chi connectivity index (χ4v) is 2.37. The first-order chi connectivity index (χ1) is 8.20. The molecule has 0 aliphatic heterocycles.